The van der Waals surface area contributed by atoms with Crippen molar-refractivity contribution in [3.8, 4) is 62.9 Å². The molecule has 11 N–H and O–H groups in total. The molecule has 0 aromatic heterocycles. The minimum atomic E-state index is -2.07. The highest BCUT2D eigenvalue weighted by Crippen LogP contribution is 2.43. The molecule has 0 saturated carbocycles. The molecule has 0 spiro atoms. The number of ether oxygens (including phenoxy) is 5. The van der Waals surface area contributed by atoms with E-state index in [1.165, 1.54) is 19.1 Å². The second-order valence-corrected chi connectivity index (χ2v) is 12.4. The number of phenolic OH excluding ortho intramolecular Hbond substituents is 6. The standard InChI is InChI=1S/C34H34O19/c1-11-24(41)27(44)29(46)33(49-11)48-10-23-26(43)28(45)31(53-32(47)13-5-19(39)25(42)20(40)6-13)34(52-23)51-22-9-15-17(37)7-14(35)8-21(15)50-30(22)12-2-3-16(36)18(38)4-12/h2-9,11,23-24,26-29,31,33-34,36-46H,10H2,1H3/t11-,23+,24-,26+,27+,28-,29+,31+,33+,34+/m0/s1. The van der Waals surface area contributed by atoms with E-state index in [-0.39, 0.29) is 28.4 Å². The van der Waals surface area contributed by atoms with Gasteiger partial charge in [0.05, 0.1) is 23.8 Å². The first kappa shape index (κ1) is 37.4. The van der Waals surface area contributed by atoms with Crippen molar-refractivity contribution in [3.63, 3.8) is 0 Å². The second-order valence-electron chi connectivity index (χ2n) is 12.4. The Kier molecular flexibility index (Phi) is 10.3. The van der Waals surface area contributed by atoms with Gasteiger partial charge in [-0.05, 0) is 43.3 Å². The van der Waals surface area contributed by atoms with E-state index in [9.17, 15) is 65.8 Å². The van der Waals surface area contributed by atoms with E-state index < -0.39 is 119 Å². The largest absolute Gasteiger partial charge is 0.507 e. The van der Waals surface area contributed by atoms with Crippen molar-refractivity contribution < 1.29 is 89.1 Å². The number of aliphatic hydroxyl groups excluding tert-OH is 5. The van der Waals surface area contributed by atoms with Crippen LogP contribution in [-0.2, 0) is 18.9 Å². The number of aliphatic hydroxyl groups is 5. The fourth-order valence-corrected chi connectivity index (χ4v) is 5.77. The zero-order valence-corrected chi connectivity index (χ0v) is 27.3. The number of carbonyl (C=O) groups is 1. The topological polar surface area (TPSA) is 316 Å². The summed E-state index contributed by atoms with van der Waals surface area (Å²) in [5.41, 5.74) is -1.21. The number of fused-ring (bicyclic) bond motifs is 1. The number of aromatic hydroxyl groups is 6. The summed E-state index contributed by atoms with van der Waals surface area (Å²) in [5, 5.41) is 113. The van der Waals surface area contributed by atoms with Crippen molar-refractivity contribution in [1.29, 1.82) is 0 Å². The van der Waals surface area contributed by atoms with Gasteiger partial charge in [-0.1, -0.05) is 0 Å². The lowest BCUT2D eigenvalue weighted by atomic mass is 9.98. The molecule has 0 unspecified atom stereocenters. The Morgan fingerprint density at radius 3 is 2.09 bits per heavy atom. The van der Waals surface area contributed by atoms with Crippen LogP contribution in [0.1, 0.15) is 17.3 Å². The minimum Gasteiger partial charge on any atom is -0.507 e. The van der Waals surface area contributed by atoms with E-state index in [4.69, 9.17) is 28.1 Å². The third-order valence-electron chi connectivity index (χ3n) is 8.71. The van der Waals surface area contributed by atoms with Crippen LogP contribution in [-0.4, -0.2) is 130 Å². The molecule has 53 heavy (non-hydrogen) atoms. The van der Waals surface area contributed by atoms with Gasteiger partial charge in [-0.25, -0.2) is 4.79 Å². The molecule has 3 heterocycles. The van der Waals surface area contributed by atoms with Crippen LogP contribution >= 0.6 is 0 Å². The summed E-state index contributed by atoms with van der Waals surface area (Å²) in [6.45, 7) is 0.724. The maximum absolute atomic E-state index is 13.3. The van der Waals surface area contributed by atoms with Gasteiger partial charge in [0, 0.05) is 17.7 Å². The van der Waals surface area contributed by atoms with E-state index in [1.54, 1.807) is 0 Å². The number of hydrogen-bond donors (Lipinski definition) is 11. The average Bonchev–Trinajstić information content (AvgIpc) is 3.11. The van der Waals surface area contributed by atoms with Crippen LogP contribution < -0.4 is 10.2 Å². The Balaban J connectivity index is 1.38. The van der Waals surface area contributed by atoms with Gasteiger partial charge in [0.25, 0.3) is 0 Å². The summed E-state index contributed by atoms with van der Waals surface area (Å²) in [6.07, 6.45) is -16.9. The molecule has 10 atom stereocenters. The fourth-order valence-electron chi connectivity index (χ4n) is 5.77. The van der Waals surface area contributed by atoms with Gasteiger partial charge >= 0.3 is 5.97 Å². The van der Waals surface area contributed by atoms with E-state index in [0.29, 0.717) is 0 Å². The van der Waals surface area contributed by atoms with Gasteiger partial charge in [0.1, 0.15) is 48.1 Å². The van der Waals surface area contributed by atoms with Crippen molar-refractivity contribution >= 4 is 5.97 Å². The molecule has 2 aromatic rings. The van der Waals surface area contributed by atoms with Crippen LogP contribution in [0.25, 0.3) is 22.6 Å². The first-order valence-corrected chi connectivity index (χ1v) is 15.8. The van der Waals surface area contributed by atoms with E-state index in [0.717, 1.165) is 36.4 Å². The number of phenols is 6. The van der Waals surface area contributed by atoms with Crippen molar-refractivity contribution in [1.82, 2.24) is 0 Å². The molecule has 19 heteroatoms. The summed E-state index contributed by atoms with van der Waals surface area (Å²) in [6, 6.07) is 8.02. The average molecular weight is 747 g/mol. The quantitative estimate of drug-likeness (QED) is 0.0802. The lowest BCUT2D eigenvalue weighted by Crippen LogP contribution is -2.62. The van der Waals surface area contributed by atoms with Gasteiger partial charge in [-0.3, -0.25) is 4.79 Å². The number of esters is 1. The van der Waals surface area contributed by atoms with Crippen LogP contribution in [0.2, 0.25) is 0 Å². The Bertz CT molecular complexity index is 1990. The molecule has 1 aliphatic carbocycles. The second kappa shape index (κ2) is 14.6. The van der Waals surface area contributed by atoms with Crippen LogP contribution in [0.15, 0.2) is 57.7 Å². The molecular weight excluding hydrogens is 712 g/mol. The molecule has 2 fully saturated rings. The molecule has 0 radical (unpaired) electrons. The Morgan fingerprint density at radius 2 is 1.42 bits per heavy atom. The molecule has 3 aliphatic heterocycles. The molecule has 19 nitrogen and oxygen atoms in total. The molecule has 0 amide bonds. The normalized spacial score (nSPS) is 28.8. The van der Waals surface area contributed by atoms with Crippen molar-refractivity contribution in [2.75, 3.05) is 6.61 Å². The zero-order valence-electron chi connectivity index (χ0n) is 27.3. The maximum atomic E-state index is 13.3. The molecule has 4 aliphatic rings. The Hall–Kier alpha value is -5.38. The highest BCUT2D eigenvalue weighted by Gasteiger charge is 2.50. The minimum absolute atomic E-state index is 0.0335. The summed E-state index contributed by atoms with van der Waals surface area (Å²) < 4.78 is 34.3. The third-order valence-corrected chi connectivity index (χ3v) is 8.71. The first-order valence-electron chi connectivity index (χ1n) is 15.8. The number of rotatable bonds is 8. The van der Waals surface area contributed by atoms with Crippen LogP contribution in [0, 0.1) is 0 Å². The number of carbonyl (C=O) groups excluding carboxylic acids is 1. The Morgan fingerprint density at radius 1 is 0.717 bits per heavy atom. The van der Waals surface area contributed by atoms with E-state index >= 15 is 0 Å². The predicted octanol–water partition coefficient (Wildman–Crippen LogP) is -0.460. The molecule has 2 aromatic carbocycles. The SMILES string of the molecule is C[C@@H]1O[C@@H](OC[C@H]2O[C@@H](Oc3cc4c(O)cc(=O)cc-4oc3-c3ccc(O)c(O)c3)[C@H](OC(=O)c3cc(O)c(O)c(O)c3)[C@@H](O)[C@@H]2O)[C@H](O)[C@H](O)[C@H]1O. The first-order chi connectivity index (χ1) is 25.0. The summed E-state index contributed by atoms with van der Waals surface area (Å²) in [4.78, 5) is 25.4. The fraction of sp³-hybridized carbons (Fsp3) is 0.353. The van der Waals surface area contributed by atoms with E-state index in [2.05, 4.69) is 0 Å². The molecule has 284 valence electrons. The maximum Gasteiger partial charge on any atom is 0.339 e. The predicted molar refractivity (Wildman–Crippen MR) is 172 cm³/mol. The number of hydrogen-bond acceptors (Lipinski definition) is 19. The van der Waals surface area contributed by atoms with Gasteiger partial charge < -0.3 is 84.3 Å². The number of benzene rings is 3. The monoisotopic (exact) mass is 746 g/mol. The smallest absolute Gasteiger partial charge is 0.339 e. The van der Waals surface area contributed by atoms with Gasteiger partial charge in [0.15, 0.2) is 58.1 Å². The van der Waals surface area contributed by atoms with Crippen LogP contribution in [0.4, 0.5) is 0 Å². The molecule has 2 saturated heterocycles. The highest BCUT2D eigenvalue weighted by molar-refractivity contribution is 5.91. The lowest BCUT2D eigenvalue weighted by Gasteiger charge is -2.43. The third kappa shape index (κ3) is 7.32. The van der Waals surface area contributed by atoms with Gasteiger partial charge in [0.2, 0.25) is 6.29 Å². The molecule has 6 rings (SSSR count). The Labute approximate surface area is 297 Å². The van der Waals surface area contributed by atoms with Gasteiger partial charge in [-0.15, -0.1) is 0 Å². The summed E-state index contributed by atoms with van der Waals surface area (Å²) >= 11 is 0. The summed E-state index contributed by atoms with van der Waals surface area (Å²) in [7, 11) is 0. The lowest BCUT2D eigenvalue weighted by molar-refractivity contribution is -0.318. The van der Waals surface area contributed by atoms with E-state index in [1.807, 2.05) is 0 Å². The zero-order chi connectivity index (χ0) is 38.5. The van der Waals surface area contributed by atoms with Crippen LogP contribution in [0.3, 0.4) is 0 Å². The highest BCUT2D eigenvalue weighted by atomic mass is 16.7. The van der Waals surface area contributed by atoms with Crippen LogP contribution in [0.5, 0.6) is 40.2 Å². The van der Waals surface area contributed by atoms with Gasteiger partial charge in [-0.2, -0.15) is 0 Å². The molecule has 0 bridgehead atoms. The molecular formula is C34H34O19. The summed E-state index contributed by atoms with van der Waals surface area (Å²) in [5.74, 6) is -6.47. The van der Waals surface area contributed by atoms with Crippen molar-refractivity contribution in [2.24, 2.45) is 0 Å². The van der Waals surface area contributed by atoms with Crippen molar-refractivity contribution in [3.05, 3.63) is 64.3 Å². The van der Waals surface area contributed by atoms with Crippen molar-refractivity contribution in [2.45, 2.75) is 68.3 Å².